The van der Waals surface area contributed by atoms with E-state index in [0.29, 0.717) is 5.39 Å². The number of nitrogens with two attached hydrogens (primary N) is 1. The van der Waals surface area contributed by atoms with Crippen molar-refractivity contribution in [1.82, 2.24) is 9.97 Å². The summed E-state index contributed by atoms with van der Waals surface area (Å²) in [5.74, 6) is -2.24. The number of hydrogen-bond donors (Lipinski definition) is 1. The van der Waals surface area contributed by atoms with E-state index in [0.717, 1.165) is 12.1 Å². The van der Waals surface area contributed by atoms with Crippen LogP contribution in [0.25, 0.3) is 22.3 Å². The van der Waals surface area contributed by atoms with Gasteiger partial charge < -0.3 is 5.73 Å². The van der Waals surface area contributed by atoms with Crippen LogP contribution in [0.1, 0.15) is 5.56 Å². The Labute approximate surface area is 118 Å². The van der Waals surface area contributed by atoms with E-state index in [2.05, 4.69) is 9.97 Å². The molecule has 0 atom stereocenters. The van der Waals surface area contributed by atoms with Crippen molar-refractivity contribution in [2.45, 2.75) is 6.92 Å². The van der Waals surface area contributed by atoms with E-state index in [-0.39, 0.29) is 28.3 Å². The van der Waals surface area contributed by atoms with Crippen LogP contribution in [0.5, 0.6) is 0 Å². The fraction of sp³-hybridized carbons (Fsp3) is 0.0667. The molecular formula is C15H10F3N3. The van der Waals surface area contributed by atoms with Gasteiger partial charge >= 0.3 is 0 Å². The molecule has 0 spiro atoms. The Morgan fingerprint density at radius 2 is 1.76 bits per heavy atom. The maximum absolute atomic E-state index is 14.1. The van der Waals surface area contributed by atoms with Gasteiger partial charge in [-0.05, 0) is 30.7 Å². The van der Waals surface area contributed by atoms with E-state index in [1.165, 1.54) is 25.1 Å². The van der Waals surface area contributed by atoms with Crippen molar-refractivity contribution in [3.63, 3.8) is 0 Å². The van der Waals surface area contributed by atoms with Gasteiger partial charge in [-0.15, -0.1) is 0 Å². The van der Waals surface area contributed by atoms with E-state index in [9.17, 15) is 13.2 Å². The highest BCUT2D eigenvalue weighted by Gasteiger charge is 2.18. The zero-order chi connectivity index (χ0) is 15.1. The first kappa shape index (κ1) is 13.4. The second kappa shape index (κ2) is 4.73. The van der Waals surface area contributed by atoms with Crippen molar-refractivity contribution >= 4 is 16.7 Å². The number of fused-ring (bicyclic) bond motifs is 1. The molecule has 6 heteroatoms. The molecule has 0 aliphatic carbocycles. The number of nitrogens with zero attached hydrogens (tertiary/aromatic N) is 2. The van der Waals surface area contributed by atoms with Gasteiger partial charge in [0.2, 0.25) is 0 Å². The Morgan fingerprint density at radius 3 is 2.52 bits per heavy atom. The summed E-state index contributed by atoms with van der Waals surface area (Å²) in [4.78, 5) is 7.95. The van der Waals surface area contributed by atoms with E-state index < -0.39 is 17.5 Å². The van der Waals surface area contributed by atoms with Crippen molar-refractivity contribution in [1.29, 1.82) is 0 Å². The van der Waals surface area contributed by atoms with Crippen LogP contribution in [0.3, 0.4) is 0 Å². The molecule has 3 nitrogen and oxygen atoms in total. The van der Waals surface area contributed by atoms with Crippen LogP contribution in [-0.2, 0) is 0 Å². The third-order valence-electron chi connectivity index (χ3n) is 3.20. The Morgan fingerprint density at radius 1 is 1.00 bits per heavy atom. The number of nitrogen functional groups attached to an aromatic ring is 1. The Balaban J connectivity index is 2.34. The normalized spacial score (nSPS) is 11.0. The van der Waals surface area contributed by atoms with Gasteiger partial charge in [-0.3, -0.25) is 0 Å². The van der Waals surface area contributed by atoms with Crippen molar-refractivity contribution < 1.29 is 13.2 Å². The molecule has 0 unspecified atom stereocenters. The monoisotopic (exact) mass is 289 g/mol. The van der Waals surface area contributed by atoms with Crippen LogP contribution < -0.4 is 5.73 Å². The third-order valence-corrected chi connectivity index (χ3v) is 3.20. The van der Waals surface area contributed by atoms with E-state index in [1.54, 1.807) is 0 Å². The first-order chi connectivity index (χ1) is 9.97. The van der Waals surface area contributed by atoms with Crippen LogP contribution >= 0.6 is 0 Å². The lowest BCUT2D eigenvalue weighted by atomic mass is 10.1. The molecule has 2 aromatic carbocycles. The Kier molecular flexibility index (Phi) is 3.01. The highest BCUT2D eigenvalue weighted by molar-refractivity contribution is 5.89. The molecule has 0 amide bonds. The predicted molar refractivity (Wildman–Crippen MR) is 74.0 cm³/mol. The summed E-state index contributed by atoms with van der Waals surface area (Å²) >= 11 is 0. The number of halogens is 3. The molecule has 3 rings (SSSR count). The average molecular weight is 289 g/mol. The number of rotatable bonds is 1. The molecule has 0 saturated carbocycles. The molecule has 2 N–H and O–H groups in total. The molecule has 106 valence electrons. The molecule has 1 heterocycles. The van der Waals surface area contributed by atoms with Crippen LogP contribution in [-0.4, -0.2) is 9.97 Å². The molecular weight excluding hydrogens is 279 g/mol. The maximum Gasteiger partial charge on any atom is 0.168 e. The number of hydrogen-bond acceptors (Lipinski definition) is 3. The van der Waals surface area contributed by atoms with Crippen molar-refractivity contribution in [2.24, 2.45) is 0 Å². The lowest BCUT2D eigenvalue weighted by Gasteiger charge is -2.08. The van der Waals surface area contributed by atoms with Crippen molar-refractivity contribution in [3.05, 3.63) is 53.3 Å². The summed E-state index contributed by atoms with van der Waals surface area (Å²) in [6.07, 6.45) is 0. The molecule has 0 aliphatic heterocycles. The summed E-state index contributed by atoms with van der Waals surface area (Å²) in [5.41, 5.74) is 5.85. The summed E-state index contributed by atoms with van der Waals surface area (Å²) in [6, 6.07) is 6.23. The molecule has 0 radical (unpaired) electrons. The summed E-state index contributed by atoms with van der Waals surface area (Å²) < 4.78 is 41.3. The maximum atomic E-state index is 14.1. The van der Waals surface area contributed by atoms with Gasteiger partial charge in [0.15, 0.2) is 5.82 Å². The Hall–Kier alpha value is -2.63. The fourth-order valence-corrected chi connectivity index (χ4v) is 2.10. The zero-order valence-corrected chi connectivity index (χ0v) is 11.0. The quantitative estimate of drug-likeness (QED) is 0.744. The summed E-state index contributed by atoms with van der Waals surface area (Å²) in [5, 5.41) is 0.425. The topological polar surface area (TPSA) is 51.8 Å². The lowest BCUT2D eigenvalue weighted by Crippen LogP contribution is -2.02. The number of aromatic nitrogens is 2. The minimum atomic E-state index is -0.798. The SMILES string of the molecule is Cc1ccc(F)c(-c2nc(N)c3ccc(F)cc3n2)c1F. The predicted octanol–water partition coefficient (Wildman–Crippen LogP) is 3.60. The van der Waals surface area contributed by atoms with E-state index in [1.807, 2.05) is 0 Å². The first-order valence-corrected chi connectivity index (χ1v) is 6.15. The standard InChI is InChI=1S/C15H10F3N3/c1-7-2-5-10(17)12(13(7)18)15-20-11-6-8(16)3-4-9(11)14(19)21-15/h2-6H,1H3,(H2,19,20,21). The lowest BCUT2D eigenvalue weighted by molar-refractivity contribution is 0.582. The molecule has 0 saturated heterocycles. The van der Waals surface area contributed by atoms with Gasteiger partial charge in [0.25, 0.3) is 0 Å². The van der Waals surface area contributed by atoms with E-state index in [4.69, 9.17) is 5.73 Å². The minimum absolute atomic E-state index is 0.0373. The summed E-state index contributed by atoms with van der Waals surface area (Å²) in [6.45, 7) is 1.50. The fourth-order valence-electron chi connectivity index (χ4n) is 2.10. The van der Waals surface area contributed by atoms with Gasteiger partial charge in [0, 0.05) is 11.5 Å². The van der Waals surface area contributed by atoms with Crippen LogP contribution in [0.2, 0.25) is 0 Å². The number of aryl methyl sites for hydroxylation is 1. The summed E-state index contributed by atoms with van der Waals surface area (Å²) in [7, 11) is 0. The van der Waals surface area contributed by atoms with Gasteiger partial charge in [0.1, 0.15) is 23.3 Å². The average Bonchev–Trinajstić information content (AvgIpc) is 2.43. The number of benzene rings is 2. The van der Waals surface area contributed by atoms with Gasteiger partial charge in [-0.25, -0.2) is 23.1 Å². The largest absolute Gasteiger partial charge is 0.383 e. The van der Waals surface area contributed by atoms with Gasteiger partial charge in [-0.2, -0.15) is 0 Å². The molecule has 3 aromatic rings. The van der Waals surface area contributed by atoms with Gasteiger partial charge in [-0.1, -0.05) is 6.07 Å². The minimum Gasteiger partial charge on any atom is -0.383 e. The third kappa shape index (κ3) is 2.18. The van der Waals surface area contributed by atoms with E-state index >= 15 is 0 Å². The molecule has 1 aromatic heterocycles. The van der Waals surface area contributed by atoms with Crippen LogP contribution in [0.4, 0.5) is 19.0 Å². The van der Waals surface area contributed by atoms with Crippen LogP contribution in [0, 0.1) is 24.4 Å². The highest BCUT2D eigenvalue weighted by atomic mass is 19.1. The van der Waals surface area contributed by atoms with Gasteiger partial charge in [0.05, 0.1) is 11.1 Å². The second-order valence-corrected chi connectivity index (χ2v) is 4.65. The molecule has 0 bridgehead atoms. The van der Waals surface area contributed by atoms with Crippen LogP contribution in [0.15, 0.2) is 30.3 Å². The highest BCUT2D eigenvalue weighted by Crippen LogP contribution is 2.28. The molecule has 0 fully saturated rings. The first-order valence-electron chi connectivity index (χ1n) is 6.15. The Bertz CT molecular complexity index is 862. The van der Waals surface area contributed by atoms with Crippen molar-refractivity contribution in [3.8, 4) is 11.4 Å². The molecule has 21 heavy (non-hydrogen) atoms. The molecule has 0 aliphatic rings. The second-order valence-electron chi connectivity index (χ2n) is 4.65. The number of anilines is 1. The zero-order valence-electron chi connectivity index (χ0n) is 11.0. The smallest absolute Gasteiger partial charge is 0.168 e. The van der Waals surface area contributed by atoms with Crippen molar-refractivity contribution in [2.75, 3.05) is 5.73 Å².